The van der Waals surface area contributed by atoms with Crippen LogP contribution in [-0.2, 0) is 56.2 Å². The summed E-state index contributed by atoms with van der Waals surface area (Å²) in [5, 5.41) is 39.9. The minimum absolute atomic E-state index is 0.0777. The fourth-order valence-corrected chi connectivity index (χ4v) is 12.6. The predicted molar refractivity (Wildman–Crippen MR) is 343 cm³/mol. The molecule has 88 heavy (non-hydrogen) atoms. The number of allylic oxidation sites excluding steroid dienone is 2. The SMILES string of the molecule is CCCCCC/C=C/CCCCCCCCCC(=O)NC1C(OCC2OC(OP(=O)(O)O)C(NC(=O)CC(O)CCCCCCCCCCC)C(OCCCCCCCCCC)C2O)OC(COC)C(OP(=O)(O)O)C1OCCC(O)CCCCCCC. The number of ether oxygens (including phenoxy) is 6. The summed E-state index contributed by atoms with van der Waals surface area (Å²) in [6, 6.07) is -2.84. The maximum absolute atomic E-state index is 14.1. The number of aliphatic hydroxyl groups is 3. The van der Waals surface area contributed by atoms with Gasteiger partial charge in [0.05, 0.1) is 31.8 Å². The summed E-state index contributed by atoms with van der Waals surface area (Å²) in [7, 11) is -9.32. The number of phosphoric ester groups is 2. The minimum Gasteiger partial charge on any atom is -0.393 e. The van der Waals surface area contributed by atoms with Crippen LogP contribution in [0, 0.1) is 0 Å². The second-order valence-corrected chi connectivity index (χ2v) is 27.2. The molecule has 0 aliphatic carbocycles. The lowest BCUT2D eigenvalue weighted by atomic mass is 9.95. The van der Waals surface area contributed by atoms with Gasteiger partial charge in [-0.25, -0.2) is 9.13 Å². The number of aliphatic hydroxyl groups excluding tert-OH is 3. The number of methoxy groups -OCH3 is 1. The van der Waals surface area contributed by atoms with E-state index >= 15 is 0 Å². The van der Waals surface area contributed by atoms with E-state index in [1.807, 2.05) is 0 Å². The third-order valence-corrected chi connectivity index (χ3v) is 17.7. The van der Waals surface area contributed by atoms with Gasteiger partial charge in [0.25, 0.3) is 0 Å². The van der Waals surface area contributed by atoms with Crippen molar-refractivity contribution in [3.8, 4) is 0 Å². The van der Waals surface area contributed by atoms with Gasteiger partial charge in [0, 0.05) is 26.7 Å². The highest BCUT2D eigenvalue weighted by molar-refractivity contribution is 7.46. The maximum atomic E-state index is 14.1. The molecule has 9 N–H and O–H groups in total. The zero-order chi connectivity index (χ0) is 64.7. The Hall–Kier alpha value is -1.46. The molecule has 2 fully saturated rings. The molecule has 0 saturated carbocycles. The Kier molecular flexibility index (Phi) is 48.7. The average molecular weight is 1300 g/mol. The van der Waals surface area contributed by atoms with E-state index in [0.717, 1.165) is 154 Å². The van der Waals surface area contributed by atoms with Gasteiger partial charge in [-0.2, -0.15) is 0 Å². The summed E-state index contributed by atoms with van der Waals surface area (Å²) in [5.41, 5.74) is 0. The topological polar surface area (TPSA) is 308 Å². The van der Waals surface area contributed by atoms with Crippen LogP contribution in [0.25, 0.3) is 0 Å². The Labute approximate surface area is 530 Å². The number of unbranched alkanes of at least 4 members (excludes halogenated alkanes) is 30. The highest BCUT2D eigenvalue weighted by atomic mass is 31.2. The lowest BCUT2D eigenvalue weighted by Crippen LogP contribution is -2.67. The van der Waals surface area contributed by atoms with Crippen molar-refractivity contribution in [1.29, 1.82) is 0 Å². The quantitative estimate of drug-likeness (QED) is 0.0155. The number of phosphoric acid groups is 2. The van der Waals surface area contributed by atoms with Crippen molar-refractivity contribution < 1.29 is 91.1 Å². The zero-order valence-corrected chi connectivity index (χ0v) is 56.9. The molecule has 0 bridgehead atoms. The van der Waals surface area contributed by atoms with Crippen LogP contribution in [0.15, 0.2) is 12.2 Å². The first kappa shape index (κ1) is 82.6. The fraction of sp³-hybridized carbons (Fsp3) is 0.938. The Balaban J connectivity index is 2.43. The van der Waals surface area contributed by atoms with Gasteiger partial charge in [-0.15, -0.1) is 0 Å². The maximum Gasteiger partial charge on any atom is 0.472 e. The molecular weight excluding hydrogens is 1170 g/mol. The van der Waals surface area contributed by atoms with Crippen molar-refractivity contribution in [3.05, 3.63) is 12.2 Å². The highest BCUT2D eigenvalue weighted by Gasteiger charge is 2.53. The fourth-order valence-electron chi connectivity index (χ4n) is 11.6. The number of carbonyl (C=O) groups excluding carboxylic acids is 2. The average Bonchev–Trinajstić information content (AvgIpc) is 2.12. The van der Waals surface area contributed by atoms with Gasteiger partial charge >= 0.3 is 15.6 Å². The molecule has 0 aromatic carbocycles. The van der Waals surface area contributed by atoms with Crippen molar-refractivity contribution in [2.75, 3.05) is 33.5 Å². The number of hydrogen-bond acceptors (Lipinski definition) is 15. The molecule has 2 aliphatic rings. The van der Waals surface area contributed by atoms with Crippen LogP contribution in [-0.4, -0.2) is 154 Å². The van der Waals surface area contributed by atoms with Crippen molar-refractivity contribution in [2.24, 2.45) is 0 Å². The van der Waals surface area contributed by atoms with E-state index in [0.29, 0.717) is 32.1 Å². The van der Waals surface area contributed by atoms with Crippen LogP contribution in [0.2, 0.25) is 0 Å². The van der Waals surface area contributed by atoms with E-state index in [2.05, 4.69) is 50.5 Å². The minimum atomic E-state index is -5.38. The Morgan fingerprint density at radius 3 is 1.42 bits per heavy atom. The Bertz CT molecular complexity index is 1830. The van der Waals surface area contributed by atoms with E-state index in [4.69, 9.17) is 37.5 Å². The summed E-state index contributed by atoms with van der Waals surface area (Å²) >= 11 is 0. The number of rotatable bonds is 58. The van der Waals surface area contributed by atoms with Crippen molar-refractivity contribution in [2.45, 2.75) is 358 Å². The molecule has 0 radical (unpaired) electrons. The highest BCUT2D eigenvalue weighted by Crippen LogP contribution is 2.44. The second kappa shape index (κ2) is 51.9. The third-order valence-electron chi connectivity index (χ3n) is 16.7. The van der Waals surface area contributed by atoms with Crippen molar-refractivity contribution >= 4 is 27.5 Å². The molecule has 12 atom stereocenters. The van der Waals surface area contributed by atoms with Crippen molar-refractivity contribution in [3.63, 3.8) is 0 Å². The van der Waals surface area contributed by atoms with Gasteiger partial charge in [0.1, 0.15) is 48.7 Å². The molecule has 12 unspecified atom stereocenters. The molecular formula is C65H126N2O19P2. The van der Waals surface area contributed by atoms with E-state index in [-0.39, 0.29) is 39.1 Å². The normalized spacial score (nSPS) is 23.4. The first-order chi connectivity index (χ1) is 42.4. The lowest BCUT2D eigenvalue weighted by molar-refractivity contribution is -0.301. The van der Waals surface area contributed by atoms with Crippen LogP contribution < -0.4 is 10.6 Å². The monoisotopic (exact) mass is 1300 g/mol. The van der Waals surface area contributed by atoms with Crippen LogP contribution in [0.1, 0.15) is 285 Å². The lowest BCUT2D eigenvalue weighted by Gasteiger charge is -2.47. The zero-order valence-electron chi connectivity index (χ0n) is 55.1. The molecule has 0 aromatic rings. The molecule has 2 aliphatic heterocycles. The van der Waals surface area contributed by atoms with E-state index < -0.39 is 108 Å². The Morgan fingerprint density at radius 1 is 0.466 bits per heavy atom. The molecule has 23 heteroatoms. The third kappa shape index (κ3) is 40.6. The molecule has 0 spiro atoms. The van der Waals surface area contributed by atoms with E-state index in [1.54, 1.807) is 0 Å². The first-order valence-corrected chi connectivity index (χ1v) is 37.8. The summed E-state index contributed by atoms with van der Waals surface area (Å²) in [6.07, 6.45) is 27.7. The number of hydrogen-bond donors (Lipinski definition) is 9. The standard InChI is InChI=1S/C65H126N2O19P2/c1-6-10-14-18-21-24-25-26-27-28-29-31-33-37-41-45-56(70)66-59-63(81-48-46-52(68)43-39-35-17-13-9-4)61(85-87(73,74)75)55(50-79-5)84-64(59)82-51-54-60(72)62(80-47-42-38-34-23-20-16-12-8-3)58(65(83-54)86-88(76,77)78)67-57(71)49-53(69)44-40-36-32-30-22-19-15-11-7-2/h24-25,52-55,58-65,68-69,72H,6-23,26-51H2,1-5H3,(H,66,70)(H,67,71)(H2,73,74,75)(H2,76,77,78)/b25-24+. The molecule has 21 nitrogen and oxygen atoms in total. The van der Waals surface area contributed by atoms with Crippen LogP contribution in [0.5, 0.6) is 0 Å². The number of amides is 2. The van der Waals surface area contributed by atoms with E-state index in [1.165, 1.54) is 58.5 Å². The van der Waals surface area contributed by atoms with E-state index in [9.17, 15) is 53.6 Å². The van der Waals surface area contributed by atoms with Gasteiger partial charge in [-0.1, -0.05) is 226 Å². The summed E-state index contributed by atoms with van der Waals surface area (Å²) in [6.45, 7) is 7.73. The van der Waals surface area contributed by atoms with Crippen LogP contribution >= 0.6 is 15.6 Å². The number of nitrogens with one attached hydrogen (secondary N) is 2. The Morgan fingerprint density at radius 2 is 0.898 bits per heavy atom. The number of carbonyl (C=O) groups is 2. The molecule has 520 valence electrons. The van der Waals surface area contributed by atoms with Gasteiger partial charge in [-0.05, 0) is 57.8 Å². The molecule has 2 saturated heterocycles. The van der Waals surface area contributed by atoms with Crippen LogP contribution in [0.4, 0.5) is 0 Å². The molecule has 2 amide bonds. The second-order valence-electron chi connectivity index (χ2n) is 24.8. The van der Waals surface area contributed by atoms with Gasteiger partial charge in [-0.3, -0.25) is 18.6 Å². The van der Waals surface area contributed by atoms with Gasteiger partial charge in [0.15, 0.2) is 12.6 Å². The smallest absolute Gasteiger partial charge is 0.393 e. The largest absolute Gasteiger partial charge is 0.472 e. The van der Waals surface area contributed by atoms with Crippen molar-refractivity contribution in [1.82, 2.24) is 10.6 Å². The van der Waals surface area contributed by atoms with Crippen LogP contribution in [0.3, 0.4) is 0 Å². The van der Waals surface area contributed by atoms with Gasteiger partial charge < -0.3 is 73.9 Å². The summed E-state index contributed by atoms with van der Waals surface area (Å²) in [4.78, 5) is 68.9. The molecule has 2 rings (SSSR count). The molecule has 2 heterocycles. The summed E-state index contributed by atoms with van der Waals surface area (Å²) in [5.74, 6) is -1.13. The first-order valence-electron chi connectivity index (χ1n) is 34.8. The molecule has 0 aromatic heterocycles. The van der Waals surface area contributed by atoms with Gasteiger partial charge in [0.2, 0.25) is 11.8 Å². The summed E-state index contributed by atoms with van der Waals surface area (Å²) < 4.78 is 73.1. The predicted octanol–water partition coefficient (Wildman–Crippen LogP) is 12.7.